The molecule has 0 aromatic heterocycles. The number of halogens is 1. The Balaban J connectivity index is 1.67. The van der Waals surface area contributed by atoms with Gasteiger partial charge in [0.2, 0.25) is 0 Å². The van der Waals surface area contributed by atoms with Gasteiger partial charge in [-0.25, -0.2) is 4.39 Å². The first-order chi connectivity index (χ1) is 12.5. The fourth-order valence-electron chi connectivity index (χ4n) is 3.05. The minimum Gasteiger partial charge on any atom is -0.335 e. The molecule has 0 saturated carbocycles. The molecule has 1 heterocycles. The van der Waals surface area contributed by atoms with E-state index in [4.69, 9.17) is 0 Å². The van der Waals surface area contributed by atoms with Gasteiger partial charge in [-0.2, -0.15) is 0 Å². The molecule has 0 atom stereocenters. The quantitative estimate of drug-likeness (QED) is 0.775. The predicted molar refractivity (Wildman–Crippen MR) is 101 cm³/mol. The number of carbonyl (C=O) groups is 2. The molecule has 0 radical (unpaired) electrons. The average Bonchev–Trinajstić information content (AvgIpc) is 2.67. The van der Waals surface area contributed by atoms with Crippen LogP contribution in [0.15, 0.2) is 47.4 Å². The molecule has 1 aliphatic heterocycles. The Morgan fingerprint density at radius 3 is 2.23 bits per heavy atom. The van der Waals surface area contributed by atoms with Crippen LogP contribution in [0.1, 0.15) is 26.3 Å². The summed E-state index contributed by atoms with van der Waals surface area (Å²) in [5.41, 5.74) is 2.00. The highest BCUT2D eigenvalue weighted by atomic mass is 32.2. The minimum atomic E-state index is -0.422. The third-order valence-corrected chi connectivity index (χ3v) is 5.33. The van der Waals surface area contributed by atoms with Gasteiger partial charge in [0.05, 0.1) is 0 Å². The Morgan fingerprint density at radius 2 is 1.62 bits per heavy atom. The number of nitrogens with zero attached hydrogens (tertiary/aromatic N) is 2. The van der Waals surface area contributed by atoms with Crippen molar-refractivity contribution in [3.8, 4) is 0 Å². The molecule has 1 saturated heterocycles. The zero-order valence-corrected chi connectivity index (χ0v) is 15.7. The summed E-state index contributed by atoms with van der Waals surface area (Å²) in [5, 5.41) is 0. The van der Waals surface area contributed by atoms with E-state index in [9.17, 15) is 14.0 Å². The summed E-state index contributed by atoms with van der Waals surface area (Å²) < 4.78 is 13.3. The van der Waals surface area contributed by atoms with Crippen molar-refractivity contribution in [1.29, 1.82) is 0 Å². The van der Waals surface area contributed by atoms with E-state index in [-0.39, 0.29) is 11.8 Å². The van der Waals surface area contributed by atoms with Crippen molar-refractivity contribution >= 4 is 23.6 Å². The Kier molecular flexibility index (Phi) is 5.61. The first-order valence-corrected chi connectivity index (χ1v) is 9.71. The van der Waals surface area contributed by atoms with Crippen molar-refractivity contribution < 1.29 is 14.0 Å². The maximum Gasteiger partial charge on any atom is 0.254 e. The van der Waals surface area contributed by atoms with Gasteiger partial charge in [-0.15, -0.1) is 11.8 Å². The lowest BCUT2D eigenvalue weighted by Crippen LogP contribution is -2.50. The third kappa shape index (κ3) is 3.90. The van der Waals surface area contributed by atoms with E-state index in [0.29, 0.717) is 37.3 Å². The van der Waals surface area contributed by atoms with Gasteiger partial charge in [0.25, 0.3) is 11.8 Å². The second kappa shape index (κ2) is 7.91. The molecular weight excluding hydrogens is 351 g/mol. The van der Waals surface area contributed by atoms with E-state index in [2.05, 4.69) is 0 Å². The highest BCUT2D eigenvalue weighted by molar-refractivity contribution is 7.98. The topological polar surface area (TPSA) is 40.6 Å². The predicted octanol–water partition coefficient (Wildman–Crippen LogP) is 3.45. The molecule has 136 valence electrons. The maximum atomic E-state index is 13.3. The Hall–Kier alpha value is -2.34. The van der Waals surface area contributed by atoms with Crippen LogP contribution in [0.4, 0.5) is 4.39 Å². The first kappa shape index (κ1) is 18.5. The summed E-state index contributed by atoms with van der Waals surface area (Å²) in [6.45, 7) is 3.78. The number of benzene rings is 2. The lowest BCUT2D eigenvalue weighted by atomic mass is 10.1. The number of hydrogen-bond donors (Lipinski definition) is 0. The Morgan fingerprint density at radius 1 is 0.962 bits per heavy atom. The molecule has 1 fully saturated rings. The highest BCUT2D eigenvalue weighted by Crippen LogP contribution is 2.21. The van der Waals surface area contributed by atoms with Crippen LogP contribution in [-0.2, 0) is 0 Å². The van der Waals surface area contributed by atoms with E-state index in [0.717, 1.165) is 10.5 Å². The second-order valence-corrected chi connectivity index (χ2v) is 7.16. The van der Waals surface area contributed by atoms with Gasteiger partial charge in [0, 0.05) is 42.2 Å². The number of thioether (sulfide) groups is 1. The smallest absolute Gasteiger partial charge is 0.254 e. The summed E-state index contributed by atoms with van der Waals surface area (Å²) in [6.07, 6.45) is 1.98. The molecule has 0 aliphatic carbocycles. The van der Waals surface area contributed by atoms with Crippen LogP contribution in [0.5, 0.6) is 0 Å². The molecule has 2 aromatic carbocycles. The molecule has 4 nitrogen and oxygen atoms in total. The Labute approximate surface area is 157 Å². The molecular formula is C20H21FN2O2S. The molecule has 2 amide bonds. The molecule has 0 N–H and O–H groups in total. The highest BCUT2D eigenvalue weighted by Gasteiger charge is 2.26. The van der Waals surface area contributed by atoms with E-state index < -0.39 is 5.82 Å². The number of piperazine rings is 1. The summed E-state index contributed by atoms with van der Waals surface area (Å²) >= 11 is 1.60. The van der Waals surface area contributed by atoms with E-state index >= 15 is 0 Å². The molecule has 0 spiro atoms. The number of carbonyl (C=O) groups excluding carboxylic acids is 2. The molecule has 0 unspecified atom stereocenters. The van der Waals surface area contributed by atoms with Gasteiger partial charge in [0.1, 0.15) is 5.82 Å². The molecule has 1 aliphatic rings. The minimum absolute atomic E-state index is 0.00347. The molecule has 26 heavy (non-hydrogen) atoms. The van der Waals surface area contributed by atoms with Gasteiger partial charge in [-0.3, -0.25) is 9.59 Å². The van der Waals surface area contributed by atoms with Gasteiger partial charge < -0.3 is 9.80 Å². The lowest BCUT2D eigenvalue weighted by Gasteiger charge is -2.35. The van der Waals surface area contributed by atoms with Crippen LogP contribution in [0.25, 0.3) is 0 Å². The van der Waals surface area contributed by atoms with Gasteiger partial charge >= 0.3 is 0 Å². The number of rotatable bonds is 3. The van der Waals surface area contributed by atoms with E-state index in [1.165, 1.54) is 18.2 Å². The van der Waals surface area contributed by atoms with Crippen LogP contribution < -0.4 is 0 Å². The van der Waals surface area contributed by atoms with Crippen LogP contribution in [0, 0.1) is 12.7 Å². The monoisotopic (exact) mass is 372 g/mol. The van der Waals surface area contributed by atoms with Gasteiger partial charge in [0.15, 0.2) is 0 Å². The fraction of sp³-hybridized carbons (Fsp3) is 0.300. The first-order valence-electron chi connectivity index (χ1n) is 8.48. The normalized spacial score (nSPS) is 14.4. The summed E-state index contributed by atoms with van der Waals surface area (Å²) in [4.78, 5) is 29.8. The van der Waals surface area contributed by atoms with E-state index in [1.807, 2.05) is 31.4 Å². The number of amides is 2. The van der Waals surface area contributed by atoms with E-state index in [1.54, 1.807) is 27.6 Å². The Bertz CT molecular complexity index is 832. The average molecular weight is 372 g/mol. The molecule has 2 aromatic rings. The summed E-state index contributed by atoms with van der Waals surface area (Å²) in [7, 11) is 0. The summed E-state index contributed by atoms with van der Waals surface area (Å²) in [5.74, 6) is -0.623. The standard InChI is InChI=1S/C20H21FN2O2S/c1-14-6-7-17(26-2)13-18(14)20(25)23-10-8-22(9-11-23)19(24)15-4-3-5-16(21)12-15/h3-7,12-13H,8-11H2,1-2H3. The van der Waals surface area contributed by atoms with Crippen molar-refractivity contribution in [2.45, 2.75) is 11.8 Å². The lowest BCUT2D eigenvalue weighted by molar-refractivity contribution is 0.0534. The summed E-state index contributed by atoms with van der Waals surface area (Å²) in [6, 6.07) is 11.6. The zero-order chi connectivity index (χ0) is 18.7. The third-order valence-electron chi connectivity index (χ3n) is 4.60. The zero-order valence-electron chi connectivity index (χ0n) is 14.9. The largest absolute Gasteiger partial charge is 0.335 e. The number of aryl methyl sites for hydroxylation is 1. The van der Waals surface area contributed by atoms with Gasteiger partial charge in [-0.05, 0) is 49.1 Å². The van der Waals surface area contributed by atoms with Crippen molar-refractivity contribution in [3.63, 3.8) is 0 Å². The SMILES string of the molecule is CSc1ccc(C)c(C(=O)N2CCN(C(=O)c3cccc(F)c3)CC2)c1. The number of hydrogen-bond acceptors (Lipinski definition) is 3. The molecule has 0 bridgehead atoms. The fourth-order valence-corrected chi connectivity index (χ4v) is 3.49. The van der Waals surface area contributed by atoms with Gasteiger partial charge in [-0.1, -0.05) is 12.1 Å². The molecule has 3 rings (SSSR count). The maximum absolute atomic E-state index is 13.3. The van der Waals surface area contributed by atoms with Crippen molar-refractivity contribution in [3.05, 3.63) is 65.0 Å². The van der Waals surface area contributed by atoms with Crippen molar-refractivity contribution in [2.75, 3.05) is 32.4 Å². The van der Waals surface area contributed by atoms with Crippen LogP contribution >= 0.6 is 11.8 Å². The van der Waals surface area contributed by atoms with Crippen LogP contribution in [0.2, 0.25) is 0 Å². The molecule has 6 heteroatoms. The second-order valence-electron chi connectivity index (χ2n) is 6.28. The van der Waals surface area contributed by atoms with Crippen molar-refractivity contribution in [2.24, 2.45) is 0 Å². The van der Waals surface area contributed by atoms with Crippen LogP contribution in [-0.4, -0.2) is 54.0 Å². The van der Waals surface area contributed by atoms with Crippen molar-refractivity contribution in [1.82, 2.24) is 9.80 Å². The van der Waals surface area contributed by atoms with Crippen LogP contribution in [0.3, 0.4) is 0 Å².